The van der Waals surface area contributed by atoms with Crippen molar-refractivity contribution in [2.45, 2.75) is 6.61 Å². The summed E-state index contributed by atoms with van der Waals surface area (Å²) >= 11 is 0.924. The van der Waals surface area contributed by atoms with Crippen molar-refractivity contribution in [3.05, 3.63) is 64.6 Å². The highest BCUT2D eigenvalue weighted by atomic mass is 32.2. The van der Waals surface area contributed by atoms with Crippen LogP contribution in [-0.4, -0.2) is 43.4 Å². The molecule has 6 nitrogen and oxygen atoms in total. The SMILES string of the molecule is COCCN1C(=O)S/C(=C/c2ccc(OC)c(OCc3ccccc3)c2)C1=O. The van der Waals surface area contributed by atoms with Gasteiger partial charge in [0, 0.05) is 7.11 Å². The Kier molecular flexibility index (Phi) is 6.73. The second-order valence-electron chi connectivity index (χ2n) is 6.01. The van der Waals surface area contributed by atoms with Crippen molar-refractivity contribution in [2.75, 3.05) is 27.4 Å². The van der Waals surface area contributed by atoms with Crippen LogP contribution < -0.4 is 9.47 Å². The summed E-state index contributed by atoms with van der Waals surface area (Å²) < 4.78 is 16.2. The number of rotatable bonds is 8. The van der Waals surface area contributed by atoms with Crippen LogP contribution in [0.5, 0.6) is 11.5 Å². The normalized spacial score (nSPS) is 15.4. The van der Waals surface area contributed by atoms with Crippen molar-refractivity contribution in [3.8, 4) is 11.5 Å². The minimum atomic E-state index is -0.311. The van der Waals surface area contributed by atoms with Gasteiger partial charge in [0.2, 0.25) is 0 Å². The highest BCUT2D eigenvalue weighted by Crippen LogP contribution is 2.34. The number of imide groups is 1. The highest BCUT2D eigenvalue weighted by Gasteiger charge is 2.34. The molecule has 3 rings (SSSR count). The number of hydrogen-bond acceptors (Lipinski definition) is 6. The van der Waals surface area contributed by atoms with E-state index in [-0.39, 0.29) is 17.7 Å². The number of carbonyl (C=O) groups excluding carboxylic acids is 2. The number of methoxy groups -OCH3 is 2. The van der Waals surface area contributed by atoms with Gasteiger partial charge in [0.05, 0.1) is 25.2 Å². The van der Waals surface area contributed by atoms with E-state index in [0.29, 0.717) is 29.6 Å². The zero-order chi connectivity index (χ0) is 19.9. The molecule has 0 aliphatic carbocycles. The number of amides is 2. The molecule has 0 radical (unpaired) electrons. The Labute approximate surface area is 168 Å². The summed E-state index contributed by atoms with van der Waals surface area (Å²) in [5, 5.41) is -0.289. The molecule has 0 N–H and O–H groups in total. The van der Waals surface area contributed by atoms with Gasteiger partial charge in [-0.25, -0.2) is 0 Å². The fourth-order valence-electron chi connectivity index (χ4n) is 2.66. The van der Waals surface area contributed by atoms with Crippen LogP contribution in [0.4, 0.5) is 4.79 Å². The molecular formula is C21H21NO5S. The van der Waals surface area contributed by atoms with Crippen LogP contribution in [0.1, 0.15) is 11.1 Å². The van der Waals surface area contributed by atoms with Crippen molar-refractivity contribution in [2.24, 2.45) is 0 Å². The Morgan fingerprint density at radius 1 is 1.04 bits per heavy atom. The molecule has 1 aliphatic heterocycles. The van der Waals surface area contributed by atoms with Crippen LogP contribution in [0, 0.1) is 0 Å². The predicted molar refractivity (Wildman–Crippen MR) is 108 cm³/mol. The predicted octanol–water partition coefficient (Wildman–Crippen LogP) is 3.96. The molecule has 0 atom stereocenters. The summed E-state index contributed by atoms with van der Waals surface area (Å²) in [6, 6.07) is 15.2. The summed E-state index contributed by atoms with van der Waals surface area (Å²) in [7, 11) is 3.11. The fraction of sp³-hybridized carbons (Fsp3) is 0.238. The van der Waals surface area contributed by atoms with E-state index in [9.17, 15) is 9.59 Å². The summed E-state index contributed by atoms with van der Waals surface area (Å²) in [5.41, 5.74) is 1.79. The van der Waals surface area contributed by atoms with Crippen molar-refractivity contribution >= 4 is 29.0 Å². The molecule has 1 saturated heterocycles. The van der Waals surface area contributed by atoms with E-state index in [1.807, 2.05) is 36.4 Å². The Hall–Kier alpha value is -2.77. The van der Waals surface area contributed by atoms with Crippen LogP contribution in [0.15, 0.2) is 53.4 Å². The molecule has 0 spiro atoms. The largest absolute Gasteiger partial charge is 0.493 e. The molecule has 1 aliphatic rings. The van der Waals surface area contributed by atoms with Gasteiger partial charge >= 0.3 is 0 Å². The van der Waals surface area contributed by atoms with Crippen LogP contribution in [0.2, 0.25) is 0 Å². The van der Waals surface area contributed by atoms with Gasteiger partial charge in [-0.3, -0.25) is 14.5 Å². The van der Waals surface area contributed by atoms with Gasteiger partial charge in [-0.15, -0.1) is 0 Å². The number of benzene rings is 2. The molecule has 28 heavy (non-hydrogen) atoms. The third-order valence-electron chi connectivity index (χ3n) is 4.12. The molecule has 0 saturated carbocycles. The van der Waals surface area contributed by atoms with Crippen molar-refractivity contribution in [1.82, 2.24) is 4.90 Å². The zero-order valence-corrected chi connectivity index (χ0v) is 16.5. The summed E-state index contributed by atoms with van der Waals surface area (Å²) in [6.45, 7) is 0.950. The number of hydrogen-bond donors (Lipinski definition) is 0. The van der Waals surface area contributed by atoms with Crippen molar-refractivity contribution < 1.29 is 23.8 Å². The third-order valence-corrected chi connectivity index (χ3v) is 5.02. The number of nitrogens with zero attached hydrogens (tertiary/aromatic N) is 1. The zero-order valence-electron chi connectivity index (χ0n) is 15.7. The summed E-state index contributed by atoms with van der Waals surface area (Å²) in [5.74, 6) is 0.856. The third kappa shape index (κ3) is 4.74. The summed E-state index contributed by atoms with van der Waals surface area (Å²) in [4.78, 5) is 26.1. The standard InChI is InChI=1S/C21H21NO5S/c1-25-11-10-22-20(23)19(28-21(22)24)13-16-8-9-17(26-2)18(12-16)27-14-15-6-4-3-5-7-15/h3-9,12-13H,10-11,14H2,1-2H3/b19-13+. The van der Waals surface area contributed by atoms with Gasteiger partial charge in [-0.2, -0.15) is 0 Å². The van der Waals surface area contributed by atoms with Crippen LogP contribution in [-0.2, 0) is 16.1 Å². The maximum absolute atomic E-state index is 12.4. The molecule has 0 aromatic heterocycles. The van der Waals surface area contributed by atoms with E-state index in [1.54, 1.807) is 25.3 Å². The molecule has 0 bridgehead atoms. The summed E-state index contributed by atoms with van der Waals surface area (Å²) in [6.07, 6.45) is 1.69. The number of carbonyl (C=O) groups is 2. The maximum atomic E-state index is 12.4. The minimum absolute atomic E-state index is 0.243. The first-order chi connectivity index (χ1) is 13.6. The van der Waals surface area contributed by atoms with E-state index in [0.717, 1.165) is 22.9 Å². The van der Waals surface area contributed by atoms with Crippen molar-refractivity contribution in [1.29, 1.82) is 0 Å². The lowest BCUT2D eigenvalue weighted by molar-refractivity contribution is -0.123. The molecule has 7 heteroatoms. The second-order valence-corrected chi connectivity index (χ2v) is 7.00. The Morgan fingerprint density at radius 2 is 1.82 bits per heavy atom. The van der Waals surface area contributed by atoms with Gasteiger partial charge in [0.15, 0.2) is 11.5 Å². The molecule has 2 aromatic carbocycles. The maximum Gasteiger partial charge on any atom is 0.293 e. The first-order valence-corrected chi connectivity index (χ1v) is 9.53. The highest BCUT2D eigenvalue weighted by molar-refractivity contribution is 8.18. The lowest BCUT2D eigenvalue weighted by Crippen LogP contribution is -2.31. The quantitative estimate of drug-likeness (QED) is 0.626. The molecule has 1 heterocycles. The van der Waals surface area contributed by atoms with E-state index in [1.165, 1.54) is 12.0 Å². The molecule has 146 valence electrons. The Morgan fingerprint density at radius 3 is 2.54 bits per heavy atom. The second kappa shape index (κ2) is 9.43. The smallest absolute Gasteiger partial charge is 0.293 e. The Bertz CT molecular complexity index is 882. The monoisotopic (exact) mass is 399 g/mol. The van der Waals surface area contributed by atoms with Gasteiger partial charge in [-0.05, 0) is 41.1 Å². The van der Waals surface area contributed by atoms with E-state index >= 15 is 0 Å². The van der Waals surface area contributed by atoms with Crippen molar-refractivity contribution in [3.63, 3.8) is 0 Å². The van der Waals surface area contributed by atoms with Crippen LogP contribution in [0.3, 0.4) is 0 Å². The molecule has 1 fully saturated rings. The topological polar surface area (TPSA) is 65.1 Å². The lowest BCUT2D eigenvalue weighted by atomic mass is 10.1. The van der Waals surface area contributed by atoms with Gasteiger partial charge in [-0.1, -0.05) is 36.4 Å². The van der Waals surface area contributed by atoms with E-state index in [4.69, 9.17) is 14.2 Å². The number of thioether (sulfide) groups is 1. The molecular weight excluding hydrogens is 378 g/mol. The van der Waals surface area contributed by atoms with Gasteiger partial charge in [0.1, 0.15) is 6.61 Å². The molecule has 2 amide bonds. The van der Waals surface area contributed by atoms with Crippen LogP contribution in [0.25, 0.3) is 6.08 Å². The van der Waals surface area contributed by atoms with Gasteiger partial charge < -0.3 is 14.2 Å². The molecule has 0 unspecified atom stereocenters. The van der Waals surface area contributed by atoms with E-state index in [2.05, 4.69) is 0 Å². The number of ether oxygens (including phenoxy) is 3. The van der Waals surface area contributed by atoms with Gasteiger partial charge in [0.25, 0.3) is 11.1 Å². The fourth-order valence-corrected chi connectivity index (χ4v) is 3.52. The molecule has 2 aromatic rings. The average Bonchev–Trinajstić information content (AvgIpc) is 2.98. The minimum Gasteiger partial charge on any atom is -0.493 e. The Balaban J connectivity index is 1.78. The average molecular weight is 399 g/mol. The van der Waals surface area contributed by atoms with Crippen LogP contribution >= 0.6 is 11.8 Å². The first kappa shape index (κ1) is 20.0. The van der Waals surface area contributed by atoms with E-state index < -0.39 is 0 Å². The lowest BCUT2D eigenvalue weighted by Gasteiger charge is -2.12. The first-order valence-electron chi connectivity index (χ1n) is 8.71.